The average Bonchev–Trinajstić information content (AvgIpc) is 2.46. The third-order valence-electron chi connectivity index (χ3n) is 3.07. The zero-order chi connectivity index (χ0) is 14.8. The largest absolute Gasteiger partial charge is 0.497 e. The minimum absolute atomic E-state index is 0.469. The molecular formula is C15H12BF3O. The van der Waals surface area contributed by atoms with Crippen molar-refractivity contribution in [3.8, 4) is 5.75 Å². The van der Waals surface area contributed by atoms with Crippen LogP contribution in [0, 0.1) is 0 Å². The van der Waals surface area contributed by atoms with E-state index in [4.69, 9.17) is 12.6 Å². The van der Waals surface area contributed by atoms with Crippen LogP contribution in [0.5, 0.6) is 5.75 Å². The Morgan fingerprint density at radius 2 is 1.35 bits per heavy atom. The second-order valence-electron chi connectivity index (χ2n) is 4.37. The molecule has 0 bridgehead atoms. The summed E-state index contributed by atoms with van der Waals surface area (Å²) in [5.41, 5.74) is 0.761. The maximum Gasteiger partial charge on any atom is 0.416 e. The minimum Gasteiger partial charge on any atom is -0.497 e. The van der Waals surface area contributed by atoms with Gasteiger partial charge in [-0.05, 0) is 41.2 Å². The predicted molar refractivity (Wildman–Crippen MR) is 72.0 cm³/mol. The lowest BCUT2D eigenvalue weighted by molar-refractivity contribution is -0.137. The normalized spacial score (nSPS) is 13.0. The van der Waals surface area contributed by atoms with Gasteiger partial charge in [0.1, 0.15) is 5.75 Å². The first kappa shape index (κ1) is 14.5. The van der Waals surface area contributed by atoms with E-state index in [9.17, 15) is 13.2 Å². The van der Waals surface area contributed by atoms with Gasteiger partial charge in [0.2, 0.25) is 0 Å². The number of hydrogen-bond acceptors (Lipinski definition) is 1. The number of rotatable bonds is 3. The molecule has 0 saturated carbocycles. The lowest BCUT2D eigenvalue weighted by atomic mass is 9.76. The Bertz CT molecular complexity index is 561. The zero-order valence-electron chi connectivity index (χ0n) is 10.8. The van der Waals surface area contributed by atoms with Gasteiger partial charge < -0.3 is 4.74 Å². The number of alkyl halides is 3. The monoisotopic (exact) mass is 276 g/mol. The van der Waals surface area contributed by atoms with E-state index in [0.29, 0.717) is 11.3 Å². The summed E-state index contributed by atoms with van der Waals surface area (Å²) >= 11 is 0. The van der Waals surface area contributed by atoms with Crippen LogP contribution in [0.25, 0.3) is 0 Å². The summed E-state index contributed by atoms with van der Waals surface area (Å²) in [5, 5.41) is 0. The molecule has 2 aromatic carbocycles. The summed E-state index contributed by atoms with van der Waals surface area (Å²) in [5.74, 6) is 0.233. The van der Waals surface area contributed by atoms with Gasteiger partial charge in [0.05, 0.1) is 20.5 Å². The Kier molecular flexibility index (Phi) is 4.07. The summed E-state index contributed by atoms with van der Waals surface area (Å²) in [6, 6.07) is 12.0. The van der Waals surface area contributed by atoms with Crippen LogP contribution in [0.3, 0.4) is 0 Å². The molecule has 0 fully saturated rings. The molecule has 0 spiro atoms. The lowest BCUT2D eigenvalue weighted by Crippen LogP contribution is -2.06. The van der Waals surface area contributed by atoms with E-state index in [2.05, 4.69) is 0 Å². The standard InChI is InChI=1S/C15H12BF3O/c1-20-13-8-4-11(5-9-13)14(16)10-2-6-12(7-3-10)15(17,18)19/h2-9,14H,1H3. The van der Waals surface area contributed by atoms with Gasteiger partial charge in [0.25, 0.3) is 0 Å². The second kappa shape index (κ2) is 5.61. The molecule has 2 aromatic rings. The highest BCUT2D eigenvalue weighted by molar-refractivity contribution is 6.14. The van der Waals surface area contributed by atoms with Crippen molar-refractivity contribution in [1.29, 1.82) is 0 Å². The summed E-state index contributed by atoms with van der Waals surface area (Å²) in [6.07, 6.45) is -4.33. The van der Waals surface area contributed by atoms with E-state index in [1.165, 1.54) is 12.1 Å². The van der Waals surface area contributed by atoms with Gasteiger partial charge in [0.15, 0.2) is 0 Å². The van der Waals surface area contributed by atoms with Crippen molar-refractivity contribution < 1.29 is 17.9 Å². The molecule has 0 aliphatic carbocycles. The Morgan fingerprint density at radius 3 is 1.75 bits per heavy atom. The Morgan fingerprint density at radius 1 is 0.900 bits per heavy atom. The molecular weight excluding hydrogens is 264 g/mol. The Balaban J connectivity index is 2.22. The number of methoxy groups -OCH3 is 1. The molecule has 0 N–H and O–H groups in total. The fraction of sp³-hybridized carbons (Fsp3) is 0.200. The van der Waals surface area contributed by atoms with Crippen LogP contribution >= 0.6 is 0 Å². The topological polar surface area (TPSA) is 9.23 Å². The van der Waals surface area contributed by atoms with Crippen LogP contribution in [-0.2, 0) is 6.18 Å². The molecule has 20 heavy (non-hydrogen) atoms. The predicted octanol–water partition coefficient (Wildman–Crippen LogP) is 3.97. The van der Waals surface area contributed by atoms with Crippen LogP contribution in [0.2, 0.25) is 0 Å². The first-order valence-corrected chi connectivity index (χ1v) is 5.98. The van der Waals surface area contributed by atoms with Crippen LogP contribution in [0.1, 0.15) is 22.5 Å². The van der Waals surface area contributed by atoms with E-state index in [1.807, 2.05) is 0 Å². The molecule has 0 aliphatic heterocycles. The van der Waals surface area contributed by atoms with Gasteiger partial charge in [-0.1, -0.05) is 24.3 Å². The van der Waals surface area contributed by atoms with Crippen molar-refractivity contribution in [2.24, 2.45) is 0 Å². The molecule has 0 saturated heterocycles. The summed E-state index contributed by atoms with van der Waals surface area (Å²) in [7, 11) is 7.61. The number of hydrogen-bond donors (Lipinski definition) is 0. The van der Waals surface area contributed by atoms with Gasteiger partial charge in [-0.25, -0.2) is 0 Å². The van der Waals surface area contributed by atoms with Crippen molar-refractivity contribution in [2.45, 2.75) is 12.0 Å². The van der Waals surface area contributed by atoms with Crippen molar-refractivity contribution >= 4 is 7.85 Å². The van der Waals surface area contributed by atoms with E-state index in [-0.39, 0.29) is 0 Å². The molecule has 0 heterocycles. The maximum absolute atomic E-state index is 12.5. The Hall–Kier alpha value is -1.91. The maximum atomic E-state index is 12.5. The highest BCUT2D eigenvalue weighted by Gasteiger charge is 2.30. The van der Waals surface area contributed by atoms with E-state index in [0.717, 1.165) is 17.7 Å². The quantitative estimate of drug-likeness (QED) is 0.771. The molecule has 5 heteroatoms. The van der Waals surface area contributed by atoms with Crippen molar-refractivity contribution in [3.63, 3.8) is 0 Å². The molecule has 2 radical (unpaired) electrons. The molecule has 1 unspecified atom stereocenters. The molecule has 1 atom stereocenters. The molecule has 2 rings (SSSR count). The van der Waals surface area contributed by atoms with Gasteiger partial charge in [-0.3, -0.25) is 0 Å². The number of benzene rings is 2. The zero-order valence-corrected chi connectivity index (χ0v) is 10.8. The summed E-state index contributed by atoms with van der Waals surface area (Å²) in [6.45, 7) is 0. The van der Waals surface area contributed by atoms with Crippen LogP contribution in [-0.4, -0.2) is 15.0 Å². The van der Waals surface area contributed by atoms with Crippen LogP contribution in [0.15, 0.2) is 48.5 Å². The van der Waals surface area contributed by atoms with E-state index in [1.54, 1.807) is 31.4 Å². The average molecular weight is 276 g/mol. The molecule has 0 aliphatic rings. The molecule has 0 amide bonds. The van der Waals surface area contributed by atoms with Gasteiger partial charge in [-0.15, -0.1) is 0 Å². The van der Waals surface area contributed by atoms with E-state index < -0.39 is 17.6 Å². The second-order valence-corrected chi connectivity index (χ2v) is 4.37. The smallest absolute Gasteiger partial charge is 0.416 e. The summed E-state index contributed by atoms with van der Waals surface area (Å²) in [4.78, 5) is 0. The lowest BCUT2D eigenvalue weighted by Gasteiger charge is -2.14. The fourth-order valence-corrected chi connectivity index (χ4v) is 1.88. The van der Waals surface area contributed by atoms with Crippen LogP contribution in [0.4, 0.5) is 13.2 Å². The molecule has 1 nitrogen and oxygen atoms in total. The van der Waals surface area contributed by atoms with Crippen molar-refractivity contribution in [3.05, 3.63) is 65.2 Å². The summed E-state index contributed by atoms with van der Waals surface area (Å²) < 4.78 is 42.5. The van der Waals surface area contributed by atoms with Crippen molar-refractivity contribution in [2.75, 3.05) is 7.11 Å². The highest BCUT2D eigenvalue weighted by Crippen LogP contribution is 2.31. The molecule has 0 aromatic heterocycles. The van der Waals surface area contributed by atoms with Gasteiger partial charge >= 0.3 is 6.18 Å². The van der Waals surface area contributed by atoms with E-state index >= 15 is 0 Å². The van der Waals surface area contributed by atoms with Gasteiger partial charge in [-0.2, -0.15) is 13.2 Å². The fourth-order valence-electron chi connectivity index (χ4n) is 1.88. The third kappa shape index (κ3) is 3.15. The number of halogens is 3. The van der Waals surface area contributed by atoms with Crippen molar-refractivity contribution in [1.82, 2.24) is 0 Å². The third-order valence-corrected chi connectivity index (χ3v) is 3.07. The van der Waals surface area contributed by atoms with Gasteiger partial charge in [0, 0.05) is 0 Å². The first-order valence-electron chi connectivity index (χ1n) is 5.98. The SMILES string of the molecule is [B]C(c1ccc(OC)cc1)c1ccc(C(F)(F)F)cc1. The first-order chi connectivity index (χ1) is 9.41. The minimum atomic E-state index is -4.33. The number of ether oxygens (including phenoxy) is 1. The highest BCUT2D eigenvalue weighted by atomic mass is 19.4. The van der Waals surface area contributed by atoms with Crippen LogP contribution < -0.4 is 4.74 Å². The Labute approximate surface area is 116 Å². The molecule has 102 valence electrons.